The molecule has 0 unspecified atom stereocenters. The summed E-state index contributed by atoms with van der Waals surface area (Å²) in [6, 6.07) is 6.49. The second-order valence-electron chi connectivity index (χ2n) is 5.13. The van der Waals surface area contributed by atoms with Crippen molar-refractivity contribution in [3.63, 3.8) is 0 Å². The molecule has 0 aliphatic heterocycles. The van der Waals surface area contributed by atoms with Crippen LogP contribution >= 0.6 is 0 Å². The van der Waals surface area contributed by atoms with Crippen LogP contribution in [-0.2, 0) is 0 Å². The Hall–Kier alpha value is -2.37. The molecule has 2 rings (SSSR count). The maximum absolute atomic E-state index is 5.55. The first kappa shape index (κ1) is 15.0. The van der Waals surface area contributed by atoms with Crippen LogP contribution in [0.15, 0.2) is 18.2 Å². The van der Waals surface area contributed by atoms with Gasteiger partial charge in [0.05, 0.1) is 6.10 Å². The molecule has 0 spiro atoms. The molecule has 2 N–H and O–H groups in total. The first-order chi connectivity index (χ1) is 9.97. The summed E-state index contributed by atoms with van der Waals surface area (Å²) < 4.78 is 5.55. The number of rotatable bonds is 5. The van der Waals surface area contributed by atoms with E-state index in [2.05, 4.69) is 43.8 Å². The van der Waals surface area contributed by atoms with E-state index in [0.29, 0.717) is 17.9 Å². The average molecular weight is 287 g/mol. The van der Waals surface area contributed by atoms with E-state index in [1.165, 1.54) is 5.56 Å². The molecule has 1 aromatic carbocycles. The van der Waals surface area contributed by atoms with Crippen molar-refractivity contribution in [1.29, 1.82) is 0 Å². The fraction of sp³-hybridized carbons (Fsp3) is 0.400. The maximum atomic E-state index is 5.55. The van der Waals surface area contributed by atoms with Crippen molar-refractivity contribution >= 4 is 17.6 Å². The second kappa shape index (κ2) is 6.39. The average Bonchev–Trinajstić information content (AvgIpc) is 2.42. The van der Waals surface area contributed by atoms with Crippen molar-refractivity contribution in [3.05, 3.63) is 29.3 Å². The highest BCUT2D eigenvalue weighted by molar-refractivity contribution is 5.60. The number of nitrogens with zero attached hydrogens (tertiary/aromatic N) is 3. The maximum Gasteiger partial charge on any atom is 0.323 e. The molecular weight excluding hydrogens is 266 g/mol. The molecular formula is C15H21N5O. The largest absolute Gasteiger partial charge is 0.461 e. The molecule has 21 heavy (non-hydrogen) atoms. The monoisotopic (exact) mass is 287 g/mol. The Labute approximate surface area is 125 Å². The summed E-state index contributed by atoms with van der Waals surface area (Å²) in [6.07, 6.45) is 0.00524. The van der Waals surface area contributed by atoms with E-state index in [1.807, 2.05) is 27.7 Å². The van der Waals surface area contributed by atoms with Gasteiger partial charge in [-0.05, 0) is 44.9 Å². The number of hydrogen-bond donors (Lipinski definition) is 2. The molecule has 0 saturated carbocycles. The lowest BCUT2D eigenvalue weighted by atomic mass is 10.1. The van der Waals surface area contributed by atoms with Gasteiger partial charge in [-0.1, -0.05) is 12.1 Å². The van der Waals surface area contributed by atoms with Gasteiger partial charge in [-0.25, -0.2) is 0 Å². The summed E-state index contributed by atoms with van der Waals surface area (Å²) in [5.74, 6) is 0.923. The lowest BCUT2D eigenvalue weighted by Gasteiger charge is -2.12. The minimum atomic E-state index is 0.00524. The molecule has 0 radical (unpaired) electrons. The zero-order valence-corrected chi connectivity index (χ0v) is 13.1. The Kier molecular flexibility index (Phi) is 4.57. The van der Waals surface area contributed by atoms with E-state index < -0.39 is 0 Å². The summed E-state index contributed by atoms with van der Waals surface area (Å²) >= 11 is 0. The SMILES string of the molecule is CNc1nc(Nc2cc(C)ccc2C)nc(OC(C)C)n1. The summed E-state index contributed by atoms with van der Waals surface area (Å²) in [7, 11) is 1.76. The van der Waals surface area contributed by atoms with Crippen LogP contribution in [-0.4, -0.2) is 28.1 Å². The van der Waals surface area contributed by atoms with Gasteiger partial charge in [0.2, 0.25) is 11.9 Å². The van der Waals surface area contributed by atoms with Crippen LogP contribution in [0.2, 0.25) is 0 Å². The van der Waals surface area contributed by atoms with E-state index in [9.17, 15) is 0 Å². The topological polar surface area (TPSA) is 72.0 Å². The number of aromatic nitrogens is 3. The number of aryl methyl sites for hydroxylation is 2. The van der Waals surface area contributed by atoms with Gasteiger partial charge >= 0.3 is 6.01 Å². The smallest absolute Gasteiger partial charge is 0.323 e. The summed E-state index contributed by atoms with van der Waals surface area (Å²) in [5, 5.41) is 6.13. The zero-order valence-electron chi connectivity index (χ0n) is 13.1. The van der Waals surface area contributed by atoms with Gasteiger partial charge < -0.3 is 15.4 Å². The molecule has 0 saturated heterocycles. The number of anilines is 3. The quantitative estimate of drug-likeness (QED) is 0.880. The molecule has 1 heterocycles. The van der Waals surface area contributed by atoms with E-state index in [0.717, 1.165) is 11.3 Å². The highest BCUT2D eigenvalue weighted by Crippen LogP contribution is 2.21. The van der Waals surface area contributed by atoms with Crippen LogP contribution in [0.25, 0.3) is 0 Å². The predicted octanol–water partition coefficient (Wildman–Crippen LogP) is 3.06. The van der Waals surface area contributed by atoms with E-state index in [-0.39, 0.29) is 6.10 Å². The third-order valence-electron chi connectivity index (χ3n) is 2.82. The first-order valence-corrected chi connectivity index (χ1v) is 6.92. The van der Waals surface area contributed by atoms with Gasteiger partial charge in [-0.2, -0.15) is 15.0 Å². The minimum absolute atomic E-state index is 0.00524. The molecule has 6 heteroatoms. The van der Waals surface area contributed by atoms with Gasteiger partial charge in [0.15, 0.2) is 0 Å². The third kappa shape index (κ3) is 4.05. The first-order valence-electron chi connectivity index (χ1n) is 6.92. The van der Waals surface area contributed by atoms with Crippen LogP contribution in [0, 0.1) is 13.8 Å². The molecule has 2 aromatic rings. The van der Waals surface area contributed by atoms with E-state index >= 15 is 0 Å². The van der Waals surface area contributed by atoms with Crippen molar-refractivity contribution in [1.82, 2.24) is 15.0 Å². The molecule has 0 aliphatic rings. The fourth-order valence-electron chi connectivity index (χ4n) is 1.78. The minimum Gasteiger partial charge on any atom is -0.461 e. The van der Waals surface area contributed by atoms with Gasteiger partial charge in [-0.3, -0.25) is 0 Å². The van der Waals surface area contributed by atoms with Crippen LogP contribution in [0.1, 0.15) is 25.0 Å². The molecule has 0 atom stereocenters. The van der Waals surface area contributed by atoms with Crippen LogP contribution in [0.4, 0.5) is 17.6 Å². The highest BCUT2D eigenvalue weighted by atomic mass is 16.5. The molecule has 6 nitrogen and oxygen atoms in total. The molecule has 0 aliphatic carbocycles. The summed E-state index contributed by atoms with van der Waals surface area (Å²) in [6.45, 7) is 7.94. The van der Waals surface area contributed by atoms with Gasteiger partial charge in [0.1, 0.15) is 0 Å². The molecule has 112 valence electrons. The van der Waals surface area contributed by atoms with Gasteiger partial charge in [0.25, 0.3) is 0 Å². The molecule has 0 bridgehead atoms. The Balaban J connectivity index is 2.32. The second-order valence-corrected chi connectivity index (χ2v) is 5.13. The summed E-state index contributed by atoms with van der Waals surface area (Å²) in [5.41, 5.74) is 3.27. The van der Waals surface area contributed by atoms with Crippen LogP contribution in [0.3, 0.4) is 0 Å². The zero-order chi connectivity index (χ0) is 15.4. The Morgan fingerprint density at radius 2 is 1.76 bits per heavy atom. The third-order valence-corrected chi connectivity index (χ3v) is 2.82. The number of hydrogen-bond acceptors (Lipinski definition) is 6. The predicted molar refractivity (Wildman–Crippen MR) is 84.3 cm³/mol. The van der Waals surface area contributed by atoms with E-state index in [1.54, 1.807) is 7.05 Å². The standard InChI is InChI=1S/C15H21N5O/c1-9(2)21-15-19-13(16-5)18-14(20-15)17-12-8-10(3)6-7-11(12)4/h6-9H,1-5H3,(H2,16,17,18,19,20). The van der Waals surface area contributed by atoms with Crippen molar-refractivity contribution in [2.75, 3.05) is 17.7 Å². The fourth-order valence-corrected chi connectivity index (χ4v) is 1.78. The Morgan fingerprint density at radius 3 is 2.43 bits per heavy atom. The van der Waals surface area contributed by atoms with Crippen molar-refractivity contribution in [2.24, 2.45) is 0 Å². The summed E-state index contributed by atoms with van der Waals surface area (Å²) in [4.78, 5) is 12.8. The number of nitrogens with one attached hydrogen (secondary N) is 2. The number of ether oxygens (including phenoxy) is 1. The van der Waals surface area contributed by atoms with Crippen molar-refractivity contribution < 1.29 is 4.74 Å². The van der Waals surface area contributed by atoms with E-state index in [4.69, 9.17) is 4.74 Å². The van der Waals surface area contributed by atoms with Crippen molar-refractivity contribution in [3.8, 4) is 6.01 Å². The normalized spacial score (nSPS) is 10.6. The molecule has 1 aromatic heterocycles. The van der Waals surface area contributed by atoms with Gasteiger partial charge in [-0.15, -0.1) is 0 Å². The lowest BCUT2D eigenvalue weighted by molar-refractivity contribution is 0.222. The lowest BCUT2D eigenvalue weighted by Crippen LogP contribution is -2.12. The van der Waals surface area contributed by atoms with Gasteiger partial charge in [0, 0.05) is 12.7 Å². The molecule has 0 fully saturated rings. The molecule has 0 amide bonds. The highest BCUT2D eigenvalue weighted by Gasteiger charge is 2.09. The van der Waals surface area contributed by atoms with Crippen molar-refractivity contribution in [2.45, 2.75) is 33.8 Å². The van der Waals surface area contributed by atoms with Crippen LogP contribution in [0.5, 0.6) is 6.01 Å². The van der Waals surface area contributed by atoms with Crippen LogP contribution < -0.4 is 15.4 Å². The Morgan fingerprint density at radius 1 is 1.05 bits per heavy atom. The number of benzene rings is 1. The Bertz CT molecular complexity index is 627.